The number of carbonyl (C=O) groups excluding carboxylic acids is 1. The van der Waals surface area contributed by atoms with Crippen molar-refractivity contribution in [3.8, 4) is 0 Å². The molecule has 0 saturated carbocycles. The molecule has 1 saturated heterocycles. The van der Waals surface area contributed by atoms with E-state index in [1.54, 1.807) is 4.90 Å². The van der Waals surface area contributed by atoms with Crippen LogP contribution in [0, 0.1) is 0 Å². The van der Waals surface area contributed by atoms with Gasteiger partial charge >= 0.3 is 0 Å². The number of amides is 1. The number of nitrogens with zero attached hydrogens (tertiary/aromatic N) is 3. The van der Waals surface area contributed by atoms with Crippen LogP contribution in [0.2, 0.25) is 0 Å². The predicted octanol–water partition coefficient (Wildman–Crippen LogP) is 0.700. The first-order chi connectivity index (χ1) is 8.70. The summed E-state index contributed by atoms with van der Waals surface area (Å²) in [5.41, 5.74) is 5.82. The van der Waals surface area contributed by atoms with Crippen LogP contribution in [0.25, 0.3) is 0 Å². The molecule has 1 atom stereocenters. The molecule has 1 aliphatic heterocycles. The van der Waals surface area contributed by atoms with Crippen LogP contribution in [0.3, 0.4) is 0 Å². The van der Waals surface area contributed by atoms with Crippen LogP contribution < -0.4 is 5.73 Å². The minimum absolute atomic E-state index is 0.142. The lowest BCUT2D eigenvalue weighted by molar-refractivity contribution is 0.0534. The van der Waals surface area contributed by atoms with Crippen LogP contribution >= 0.6 is 0 Å². The highest BCUT2D eigenvalue weighted by Crippen LogP contribution is 2.14. The van der Waals surface area contributed by atoms with E-state index >= 15 is 0 Å². The molecule has 18 heavy (non-hydrogen) atoms. The number of carbonyl (C=O) groups is 1. The fraction of sp³-hybridized carbons (Fsp3) is 0.583. The van der Waals surface area contributed by atoms with Crippen LogP contribution in [0.15, 0.2) is 12.4 Å². The molecule has 1 aromatic heterocycles. The molecule has 6 nitrogen and oxygen atoms in total. The summed E-state index contributed by atoms with van der Waals surface area (Å²) < 4.78 is 5.54. The van der Waals surface area contributed by atoms with Gasteiger partial charge < -0.3 is 15.4 Å². The molecule has 1 unspecified atom stereocenters. The van der Waals surface area contributed by atoms with Gasteiger partial charge in [-0.05, 0) is 19.8 Å². The van der Waals surface area contributed by atoms with Crippen LogP contribution in [0.5, 0.6) is 0 Å². The van der Waals surface area contributed by atoms with E-state index in [9.17, 15) is 4.79 Å². The first-order valence-electron chi connectivity index (χ1n) is 6.19. The first-order valence-corrected chi connectivity index (χ1v) is 6.19. The molecular formula is C12H18N4O2. The van der Waals surface area contributed by atoms with Gasteiger partial charge in [0.15, 0.2) is 0 Å². The molecule has 6 heteroatoms. The van der Waals surface area contributed by atoms with Crippen molar-refractivity contribution in [2.45, 2.75) is 25.9 Å². The Bertz CT molecular complexity index is 418. The lowest BCUT2D eigenvalue weighted by atomic mass is 10.2. The summed E-state index contributed by atoms with van der Waals surface area (Å²) in [6.45, 7) is 3.95. The minimum atomic E-state index is -0.146. The van der Waals surface area contributed by atoms with E-state index in [0.29, 0.717) is 13.1 Å². The van der Waals surface area contributed by atoms with E-state index in [0.717, 1.165) is 19.4 Å². The Labute approximate surface area is 106 Å². The van der Waals surface area contributed by atoms with Crippen molar-refractivity contribution < 1.29 is 9.53 Å². The van der Waals surface area contributed by atoms with Gasteiger partial charge in [-0.3, -0.25) is 9.78 Å². The highest BCUT2D eigenvalue weighted by molar-refractivity contribution is 5.92. The Kier molecular flexibility index (Phi) is 4.09. The average molecular weight is 250 g/mol. The number of aromatic nitrogens is 2. The zero-order chi connectivity index (χ0) is 13.0. The fourth-order valence-electron chi connectivity index (χ4n) is 2.04. The topological polar surface area (TPSA) is 81.3 Å². The molecule has 1 amide bonds. The smallest absolute Gasteiger partial charge is 0.274 e. The maximum Gasteiger partial charge on any atom is 0.274 e. The first kappa shape index (κ1) is 12.8. The predicted molar refractivity (Wildman–Crippen MR) is 67.0 cm³/mol. The quantitative estimate of drug-likeness (QED) is 0.850. The summed E-state index contributed by atoms with van der Waals surface area (Å²) in [4.78, 5) is 21.8. The summed E-state index contributed by atoms with van der Waals surface area (Å²) in [7, 11) is 0. The van der Waals surface area contributed by atoms with Crippen LogP contribution in [0.1, 0.15) is 30.3 Å². The summed E-state index contributed by atoms with van der Waals surface area (Å²) in [5.74, 6) is 0.113. The second kappa shape index (κ2) is 5.77. The zero-order valence-corrected chi connectivity index (χ0v) is 10.5. The largest absolute Gasteiger partial charge is 0.382 e. The lowest BCUT2D eigenvalue weighted by Crippen LogP contribution is -2.37. The Hall–Kier alpha value is -1.69. The molecule has 2 N–H and O–H groups in total. The van der Waals surface area contributed by atoms with Crippen LogP contribution in [-0.4, -0.2) is 46.6 Å². The van der Waals surface area contributed by atoms with Crippen molar-refractivity contribution in [3.63, 3.8) is 0 Å². The summed E-state index contributed by atoms with van der Waals surface area (Å²) in [6, 6.07) is 0. The second-order valence-electron chi connectivity index (χ2n) is 4.31. The number of anilines is 1. The van der Waals surface area contributed by atoms with Crippen molar-refractivity contribution in [1.29, 1.82) is 0 Å². The molecule has 1 aromatic rings. The molecule has 98 valence electrons. The van der Waals surface area contributed by atoms with E-state index in [2.05, 4.69) is 9.97 Å². The zero-order valence-electron chi connectivity index (χ0n) is 10.5. The van der Waals surface area contributed by atoms with Crippen molar-refractivity contribution in [2.24, 2.45) is 0 Å². The van der Waals surface area contributed by atoms with Gasteiger partial charge in [-0.2, -0.15) is 0 Å². The molecule has 0 spiro atoms. The fourth-order valence-corrected chi connectivity index (χ4v) is 2.04. The number of hydrogen-bond acceptors (Lipinski definition) is 5. The summed E-state index contributed by atoms with van der Waals surface area (Å²) in [6.07, 6.45) is 5.08. The third kappa shape index (κ3) is 2.95. The van der Waals surface area contributed by atoms with E-state index in [-0.39, 0.29) is 23.5 Å². The second-order valence-corrected chi connectivity index (χ2v) is 4.31. The molecule has 0 aliphatic carbocycles. The van der Waals surface area contributed by atoms with Crippen molar-refractivity contribution >= 4 is 11.7 Å². The third-order valence-corrected chi connectivity index (χ3v) is 2.99. The highest BCUT2D eigenvalue weighted by atomic mass is 16.5. The Balaban J connectivity index is 2.04. The Morgan fingerprint density at radius 1 is 1.61 bits per heavy atom. The highest BCUT2D eigenvalue weighted by Gasteiger charge is 2.23. The average Bonchev–Trinajstić information content (AvgIpc) is 2.88. The Morgan fingerprint density at radius 3 is 3.06 bits per heavy atom. The van der Waals surface area contributed by atoms with Crippen molar-refractivity contribution in [3.05, 3.63) is 18.1 Å². The van der Waals surface area contributed by atoms with Gasteiger partial charge in [-0.15, -0.1) is 0 Å². The maximum atomic E-state index is 12.2. The number of rotatable bonds is 4. The molecule has 0 aromatic carbocycles. The Morgan fingerprint density at radius 2 is 2.44 bits per heavy atom. The minimum Gasteiger partial charge on any atom is -0.382 e. The van der Waals surface area contributed by atoms with Crippen molar-refractivity contribution in [2.75, 3.05) is 25.4 Å². The monoisotopic (exact) mass is 250 g/mol. The summed E-state index contributed by atoms with van der Waals surface area (Å²) in [5, 5.41) is 0. The number of ether oxygens (including phenoxy) is 1. The molecule has 1 fully saturated rings. The van der Waals surface area contributed by atoms with E-state index < -0.39 is 0 Å². The van der Waals surface area contributed by atoms with E-state index in [1.807, 2.05) is 6.92 Å². The molecule has 2 heterocycles. The van der Waals surface area contributed by atoms with E-state index in [4.69, 9.17) is 10.5 Å². The molecule has 1 aliphatic rings. The standard InChI is InChI=1S/C12H18N4O2/c1-2-16(8-9-4-3-5-18-9)12(17)10-6-14-7-11(13)15-10/h6-7,9H,2-5,8H2,1H3,(H2,13,15). The van der Waals surface area contributed by atoms with Gasteiger partial charge in [0.1, 0.15) is 11.5 Å². The van der Waals surface area contributed by atoms with Crippen LogP contribution in [-0.2, 0) is 4.74 Å². The number of nitrogen functional groups attached to an aromatic ring is 1. The lowest BCUT2D eigenvalue weighted by Gasteiger charge is -2.23. The van der Waals surface area contributed by atoms with Gasteiger partial charge in [0.05, 0.1) is 18.5 Å². The molecule has 2 rings (SSSR count). The van der Waals surface area contributed by atoms with Gasteiger partial charge in [-0.25, -0.2) is 4.98 Å². The molecular weight excluding hydrogens is 232 g/mol. The SMILES string of the molecule is CCN(CC1CCCO1)C(=O)c1cncc(N)n1. The van der Waals surface area contributed by atoms with Gasteiger partial charge in [0.25, 0.3) is 5.91 Å². The number of likely N-dealkylation sites (N-methyl/N-ethyl adjacent to an activating group) is 1. The normalized spacial score (nSPS) is 18.8. The van der Waals surface area contributed by atoms with Gasteiger partial charge in [-0.1, -0.05) is 0 Å². The maximum absolute atomic E-state index is 12.2. The molecule has 0 radical (unpaired) electrons. The summed E-state index contributed by atoms with van der Waals surface area (Å²) >= 11 is 0. The van der Waals surface area contributed by atoms with E-state index in [1.165, 1.54) is 12.4 Å². The van der Waals surface area contributed by atoms with Gasteiger partial charge in [0.2, 0.25) is 0 Å². The number of nitrogens with two attached hydrogens (primary N) is 1. The molecule has 0 bridgehead atoms. The third-order valence-electron chi connectivity index (χ3n) is 2.99. The van der Waals surface area contributed by atoms with Gasteiger partial charge in [0, 0.05) is 19.7 Å². The van der Waals surface area contributed by atoms with Crippen molar-refractivity contribution in [1.82, 2.24) is 14.9 Å². The van der Waals surface area contributed by atoms with Crippen LogP contribution in [0.4, 0.5) is 5.82 Å². The number of hydrogen-bond donors (Lipinski definition) is 1.